The molecule has 0 heterocycles. The summed E-state index contributed by atoms with van der Waals surface area (Å²) in [6, 6.07) is 2.76. The minimum atomic E-state index is -0.755. The van der Waals surface area contributed by atoms with Crippen LogP contribution >= 0.6 is 0 Å². The number of hydrogen-bond donors (Lipinski definition) is 2. The van der Waals surface area contributed by atoms with E-state index >= 15 is 0 Å². The quantitative estimate of drug-likeness (QED) is 0.640. The molecule has 1 aromatic rings. The highest BCUT2D eigenvalue weighted by Crippen LogP contribution is 2.28. The van der Waals surface area contributed by atoms with Crippen molar-refractivity contribution in [2.75, 3.05) is 7.11 Å². The molecule has 1 rings (SSSR count). The highest BCUT2D eigenvalue weighted by molar-refractivity contribution is 5.95. The minimum absolute atomic E-state index is 0.201. The highest BCUT2D eigenvalue weighted by atomic mass is 16.5. The lowest BCUT2D eigenvalue weighted by Crippen LogP contribution is -2.02. The third-order valence-corrected chi connectivity index (χ3v) is 1.63. The Kier molecular flexibility index (Phi) is 2.41. The van der Waals surface area contributed by atoms with Gasteiger partial charge in [0.05, 0.1) is 7.11 Å². The molecule has 0 atom stereocenters. The van der Waals surface area contributed by atoms with E-state index in [1.165, 1.54) is 19.2 Å². The third-order valence-electron chi connectivity index (χ3n) is 1.63. The van der Waals surface area contributed by atoms with Gasteiger partial charge in [0, 0.05) is 0 Å². The SMILES string of the molecule is COC(=O)c1c(O)cc(C)cc1O. The van der Waals surface area contributed by atoms with Crippen LogP contribution in [0.3, 0.4) is 0 Å². The Labute approximate surface area is 75.4 Å². The van der Waals surface area contributed by atoms with Crippen molar-refractivity contribution in [1.82, 2.24) is 0 Å². The minimum Gasteiger partial charge on any atom is -0.507 e. The van der Waals surface area contributed by atoms with Crippen LogP contribution in [-0.2, 0) is 4.74 Å². The van der Waals surface area contributed by atoms with Crippen molar-refractivity contribution in [2.45, 2.75) is 6.92 Å². The van der Waals surface area contributed by atoms with Gasteiger partial charge in [-0.05, 0) is 24.6 Å². The Balaban J connectivity index is 3.28. The van der Waals surface area contributed by atoms with Crippen LogP contribution in [-0.4, -0.2) is 23.3 Å². The summed E-state index contributed by atoms with van der Waals surface area (Å²) in [5.41, 5.74) is 0.468. The second kappa shape index (κ2) is 3.35. The van der Waals surface area contributed by atoms with E-state index in [9.17, 15) is 15.0 Å². The predicted octanol–water partition coefficient (Wildman–Crippen LogP) is 1.19. The summed E-state index contributed by atoms with van der Waals surface area (Å²) in [4.78, 5) is 11.0. The maximum Gasteiger partial charge on any atom is 0.345 e. The zero-order valence-corrected chi connectivity index (χ0v) is 7.37. The molecule has 70 valence electrons. The van der Waals surface area contributed by atoms with E-state index in [0.29, 0.717) is 5.56 Å². The van der Waals surface area contributed by atoms with Gasteiger partial charge in [-0.3, -0.25) is 0 Å². The fourth-order valence-electron chi connectivity index (χ4n) is 1.06. The highest BCUT2D eigenvalue weighted by Gasteiger charge is 2.16. The lowest BCUT2D eigenvalue weighted by atomic mass is 10.1. The Morgan fingerprint density at radius 1 is 1.31 bits per heavy atom. The van der Waals surface area contributed by atoms with Crippen LogP contribution in [0.4, 0.5) is 0 Å². The molecular formula is C9H10O4. The molecule has 0 aliphatic carbocycles. The van der Waals surface area contributed by atoms with E-state index in [0.717, 1.165) is 0 Å². The van der Waals surface area contributed by atoms with Gasteiger partial charge >= 0.3 is 5.97 Å². The molecule has 13 heavy (non-hydrogen) atoms. The predicted molar refractivity (Wildman–Crippen MR) is 45.8 cm³/mol. The largest absolute Gasteiger partial charge is 0.507 e. The zero-order valence-electron chi connectivity index (χ0n) is 7.37. The third kappa shape index (κ3) is 1.72. The van der Waals surface area contributed by atoms with Crippen molar-refractivity contribution < 1.29 is 19.7 Å². The Bertz CT molecular complexity index is 320. The first-order valence-electron chi connectivity index (χ1n) is 3.67. The van der Waals surface area contributed by atoms with Crippen molar-refractivity contribution >= 4 is 5.97 Å². The van der Waals surface area contributed by atoms with Crippen LogP contribution in [0.1, 0.15) is 15.9 Å². The first-order chi connectivity index (χ1) is 6.06. The van der Waals surface area contributed by atoms with E-state index in [2.05, 4.69) is 4.74 Å². The smallest absolute Gasteiger partial charge is 0.345 e. The number of aryl methyl sites for hydroxylation is 1. The van der Waals surface area contributed by atoms with Gasteiger partial charge in [0.25, 0.3) is 0 Å². The maximum atomic E-state index is 11.0. The summed E-state index contributed by atoms with van der Waals surface area (Å²) in [6.07, 6.45) is 0. The molecule has 4 heteroatoms. The molecule has 2 N–H and O–H groups in total. The Morgan fingerprint density at radius 2 is 1.77 bits per heavy atom. The summed E-state index contributed by atoms with van der Waals surface area (Å²) >= 11 is 0. The van der Waals surface area contributed by atoms with Crippen molar-refractivity contribution in [3.05, 3.63) is 23.3 Å². The number of esters is 1. The van der Waals surface area contributed by atoms with Crippen LogP contribution in [0.15, 0.2) is 12.1 Å². The molecule has 4 nitrogen and oxygen atoms in total. The van der Waals surface area contributed by atoms with E-state index in [1.807, 2.05) is 0 Å². The summed E-state index contributed by atoms with van der Waals surface area (Å²) < 4.78 is 4.38. The fourth-order valence-corrected chi connectivity index (χ4v) is 1.06. The molecule has 0 amide bonds. The van der Waals surface area contributed by atoms with Crippen LogP contribution in [0.2, 0.25) is 0 Å². The topological polar surface area (TPSA) is 66.8 Å². The summed E-state index contributed by atoms with van der Waals surface area (Å²) in [5, 5.41) is 18.6. The molecule has 0 aliphatic rings. The van der Waals surface area contributed by atoms with E-state index in [4.69, 9.17) is 0 Å². The van der Waals surface area contributed by atoms with Crippen LogP contribution in [0.5, 0.6) is 11.5 Å². The number of benzene rings is 1. The number of ether oxygens (including phenoxy) is 1. The second-order valence-electron chi connectivity index (χ2n) is 2.67. The monoisotopic (exact) mass is 182 g/mol. The summed E-state index contributed by atoms with van der Waals surface area (Å²) in [5.74, 6) is -1.30. The van der Waals surface area contributed by atoms with E-state index < -0.39 is 5.97 Å². The van der Waals surface area contributed by atoms with Gasteiger partial charge in [-0.1, -0.05) is 0 Å². The van der Waals surface area contributed by atoms with E-state index in [1.54, 1.807) is 6.92 Å². The van der Waals surface area contributed by atoms with Crippen molar-refractivity contribution in [3.8, 4) is 11.5 Å². The number of methoxy groups -OCH3 is 1. The molecule has 0 bridgehead atoms. The van der Waals surface area contributed by atoms with E-state index in [-0.39, 0.29) is 17.1 Å². The van der Waals surface area contributed by atoms with Crippen molar-refractivity contribution in [1.29, 1.82) is 0 Å². The van der Waals surface area contributed by atoms with Gasteiger partial charge in [-0.15, -0.1) is 0 Å². The van der Waals surface area contributed by atoms with Gasteiger partial charge in [0.15, 0.2) is 0 Å². The number of phenols is 2. The van der Waals surface area contributed by atoms with Gasteiger partial charge in [-0.25, -0.2) is 4.79 Å². The van der Waals surface area contributed by atoms with Crippen LogP contribution < -0.4 is 0 Å². The average molecular weight is 182 g/mol. The summed E-state index contributed by atoms with van der Waals surface area (Å²) in [7, 11) is 1.18. The number of rotatable bonds is 1. The van der Waals surface area contributed by atoms with Gasteiger partial charge in [0.2, 0.25) is 0 Å². The molecule has 0 saturated heterocycles. The first-order valence-corrected chi connectivity index (χ1v) is 3.67. The van der Waals surface area contributed by atoms with Crippen LogP contribution in [0.25, 0.3) is 0 Å². The number of carbonyl (C=O) groups excluding carboxylic acids is 1. The van der Waals surface area contributed by atoms with Crippen molar-refractivity contribution in [3.63, 3.8) is 0 Å². The standard InChI is InChI=1S/C9H10O4/c1-5-3-6(10)8(7(11)4-5)9(12)13-2/h3-4,10-11H,1-2H3. The lowest BCUT2D eigenvalue weighted by Gasteiger charge is -2.05. The molecule has 0 aromatic heterocycles. The fraction of sp³-hybridized carbons (Fsp3) is 0.222. The lowest BCUT2D eigenvalue weighted by molar-refractivity contribution is 0.0594. The molecule has 0 fully saturated rings. The molecule has 1 aromatic carbocycles. The molecule has 0 spiro atoms. The Hall–Kier alpha value is -1.71. The van der Waals surface area contributed by atoms with Gasteiger partial charge in [0.1, 0.15) is 17.1 Å². The van der Waals surface area contributed by atoms with Crippen LogP contribution in [0, 0.1) is 6.92 Å². The first kappa shape index (κ1) is 9.38. The summed E-state index contributed by atoms with van der Waals surface area (Å²) in [6.45, 7) is 1.69. The zero-order chi connectivity index (χ0) is 10.0. The van der Waals surface area contributed by atoms with Gasteiger partial charge < -0.3 is 14.9 Å². The average Bonchev–Trinajstić information content (AvgIpc) is 2.02. The van der Waals surface area contributed by atoms with Crippen molar-refractivity contribution in [2.24, 2.45) is 0 Å². The molecule has 0 unspecified atom stereocenters. The number of hydrogen-bond acceptors (Lipinski definition) is 4. The molecular weight excluding hydrogens is 172 g/mol. The molecule has 0 radical (unpaired) electrons. The normalized spacial score (nSPS) is 9.69. The Morgan fingerprint density at radius 3 is 2.15 bits per heavy atom. The van der Waals surface area contributed by atoms with Gasteiger partial charge in [-0.2, -0.15) is 0 Å². The second-order valence-corrected chi connectivity index (χ2v) is 2.67. The molecule has 0 aliphatic heterocycles. The molecule has 0 saturated carbocycles. The number of aromatic hydroxyl groups is 2. The maximum absolute atomic E-state index is 11.0. The number of phenolic OH excluding ortho intramolecular Hbond substituents is 2. The number of carbonyl (C=O) groups is 1.